The van der Waals surface area contributed by atoms with Crippen molar-refractivity contribution in [3.05, 3.63) is 0 Å². The average molecular weight is 215 g/mol. The van der Waals surface area contributed by atoms with Crippen molar-refractivity contribution in [2.45, 2.75) is 70.4 Å². The first kappa shape index (κ1) is 13.0. The summed E-state index contributed by atoms with van der Waals surface area (Å²) in [5, 5.41) is 3.00. The Balaban J connectivity index is 1.77. The Hall–Kier alpha value is -0.110. The molecule has 1 heterocycles. The normalized spacial score (nSPS) is 18.8. The summed E-state index contributed by atoms with van der Waals surface area (Å²) in [6, 6.07) is 0. The van der Waals surface area contributed by atoms with E-state index in [1.54, 1.807) is 0 Å². The van der Waals surface area contributed by atoms with Crippen molar-refractivity contribution < 1.29 is 4.39 Å². The van der Waals surface area contributed by atoms with Crippen LogP contribution in [-0.4, -0.2) is 18.8 Å². The molecule has 0 unspecified atom stereocenters. The van der Waals surface area contributed by atoms with Crippen molar-refractivity contribution in [2.24, 2.45) is 0 Å². The minimum Gasteiger partial charge on any atom is -0.310 e. The van der Waals surface area contributed by atoms with Crippen molar-refractivity contribution in [2.75, 3.05) is 13.1 Å². The number of alkyl halides is 1. The summed E-state index contributed by atoms with van der Waals surface area (Å²) >= 11 is 0. The number of halogens is 1. The van der Waals surface area contributed by atoms with E-state index >= 15 is 0 Å². The third kappa shape index (κ3) is 5.50. The first-order valence-corrected chi connectivity index (χ1v) is 6.66. The molecule has 1 rings (SSSR count). The molecular weight excluding hydrogens is 189 g/mol. The van der Waals surface area contributed by atoms with Gasteiger partial charge in [-0.2, -0.15) is 0 Å². The Morgan fingerprint density at radius 1 is 0.933 bits per heavy atom. The molecular formula is C13H26FN. The van der Waals surface area contributed by atoms with E-state index in [1.807, 2.05) is 0 Å². The SMILES string of the molecule is CCCCCCCCCCC1(F)CNC1. The first-order valence-electron chi connectivity index (χ1n) is 6.66. The van der Waals surface area contributed by atoms with Gasteiger partial charge in [-0.15, -0.1) is 0 Å². The molecule has 0 aromatic heterocycles. The highest BCUT2D eigenvalue weighted by molar-refractivity contribution is 4.92. The summed E-state index contributed by atoms with van der Waals surface area (Å²) < 4.78 is 13.5. The van der Waals surface area contributed by atoms with Crippen LogP contribution in [0.1, 0.15) is 64.7 Å². The second-order valence-electron chi connectivity index (χ2n) is 4.98. The Bertz CT molecular complexity index is 155. The Kier molecular flexibility index (Phi) is 6.23. The summed E-state index contributed by atoms with van der Waals surface area (Å²) in [7, 11) is 0. The van der Waals surface area contributed by atoms with E-state index < -0.39 is 5.67 Å². The summed E-state index contributed by atoms with van der Waals surface area (Å²) in [6.07, 6.45) is 11.2. The van der Waals surface area contributed by atoms with Gasteiger partial charge in [0.05, 0.1) is 0 Å². The van der Waals surface area contributed by atoms with Gasteiger partial charge in [-0.3, -0.25) is 0 Å². The molecule has 2 heteroatoms. The molecule has 1 N–H and O–H groups in total. The van der Waals surface area contributed by atoms with Gasteiger partial charge < -0.3 is 5.32 Å². The van der Waals surface area contributed by atoms with Crippen LogP contribution in [0.15, 0.2) is 0 Å². The molecule has 0 saturated carbocycles. The van der Waals surface area contributed by atoms with Crippen LogP contribution in [0.5, 0.6) is 0 Å². The van der Waals surface area contributed by atoms with Crippen LogP contribution in [0.3, 0.4) is 0 Å². The zero-order chi connectivity index (χ0) is 11.0. The molecule has 1 nitrogen and oxygen atoms in total. The van der Waals surface area contributed by atoms with E-state index in [0.29, 0.717) is 13.1 Å². The largest absolute Gasteiger partial charge is 0.310 e. The quantitative estimate of drug-likeness (QED) is 0.576. The Morgan fingerprint density at radius 2 is 1.47 bits per heavy atom. The van der Waals surface area contributed by atoms with Crippen LogP contribution in [0, 0.1) is 0 Å². The summed E-state index contributed by atoms with van der Waals surface area (Å²) in [5.74, 6) is 0. The number of hydrogen-bond donors (Lipinski definition) is 1. The lowest BCUT2D eigenvalue weighted by Crippen LogP contribution is -2.56. The maximum Gasteiger partial charge on any atom is 0.135 e. The van der Waals surface area contributed by atoms with Gasteiger partial charge in [-0.05, 0) is 6.42 Å². The van der Waals surface area contributed by atoms with Gasteiger partial charge in [0.2, 0.25) is 0 Å². The lowest BCUT2D eigenvalue weighted by atomic mass is 9.92. The molecule has 0 bridgehead atoms. The predicted molar refractivity (Wildman–Crippen MR) is 63.9 cm³/mol. The van der Waals surface area contributed by atoms with Crippen molar-refractivity contribution in [3.8, 4) is 0 Å². The fraction of sp³-hybridized carbons (Fsp3) is 1.00. The van der Waals surface area contributed by atoms with Crippen LogP contribution in [-0.2, 0) is 0 Å². The average Bonchev–Trinajstić information content (AvgIpc) is 2.19. The van der Waals surface area contributed by atoms with Gasteiger partial charge in [0, 0.05) is 13.1 Å². The lowest BCUT2D eigenvalue weighted by Gasteiger charge is -2.34. The van der Waals surface area contributed by atoms with Gasteiger partial charge in [0.15, 0.2) is 0 Å². The molecule has 1 aliphatic heterocycles. The zero-order valence-corrected chi connectivity index (χ0v) is 10.2. The van der Waals surface area contributed by atoms with E-state index in [1.165, 1.54) is 44.9 Å². The maximum absolute atomic E-state index is 13.5. The van der Waals surface area contributed by atoms with Gasteiger partial charge in [-0.1, -0.05) is 58.3 Å². The Morgan fingerprint density at radius 3 is 1.93 bits per heavy atom. The first-order chi connectivity index (χ1) is 7.27. The van der Waals surface area contributed by atoms with Crippen molar-refractivity contribution >= 4 is 0 Å². The van der Waals surface area contributed by atoms with Crippen LogP contribution in [0.25, 0.3) is 0 Å². The fourth-order valence-corrected chi connectivity index (χ4v) is 2.15. The highest BCUT2D eigenvalue weighted by atomic mass is 19.1. The Labute approximate surface area is 93.8 Å². The monoisotopic (exact) mass is 215 g/mol. The van der Waals surface area contributed by atoms with Gasteiger partial charge >= 0.3 is 0 Å². The topological polar surface area (TPSA) is 12.0 Å². The van der Waals surface area contributed by atoms with E-state index in [9.17, 15) is 4.39 Å². The molecule has 0 amide bonds. The molecule has 0 aromatic rings. The maximum atomic E-state index is 13.5. The molecule has 1 saturated heterocycles. The summed E-state index contributed by atoms with van der Waals surface area (Å²) in [5.41, 5.74) is -0.845. The van der Waals surface area contributed by atoms with Gasteiger partial charge in [0.25, 0.3) is 0 Å². The van der Waals surface area contributed by atoms with E-state index in [2.05, 4.69) is 12.2 Å². The number of nitrogens with one attached hydrogen (secondary N) is 1. The van der Waals surface area contributed by atoms with E-state index in [0.717, 1.165) is 12.8 Å². The molecule has 0 aliphatic carbocycles. The van der Waals surface area contributed by atoms with Crippen molar-refractivity contribution in [3.63, 3.8) is 0 Å². The van der Waals surface area contributed by atoms with Crippen molar-refractivity contribution in [1.82, 2.24) is 5.32 Å². The smallest absolute Gasteiger partial charge is 0.135 e. The summed E-state index contributed by atoms with van der Waals surface area (Å²) in [6.45, 7) is 3.42. The highest BCUT2D eigenvalue weighted by Gasteiger charge is 2.35. The predicted octanol–water partition coefficient (Wildman–Crippen LogP) is 3.83. The molecule has 0 atom stereocenters. The third-order valence-corrected chi connectivity index (χ3v) is 3.36. The van der Waals surface area contributed by atoms with Gasteiger partial charge in [0.1, 0.15) is 5.67 Å². The lowest BCUT2D eigenvalue weighted by molar-refractivity contribution is 0.0772. The third-order valence-electron chi connectivity index (χ3n) is 3.36. The van der Waals surface area contributed by atoms with Crippen molar-refractivity contribution in [1.29, 1.82) is 0 Å². The van der Waals surface area contributed by atoms with Crippen LogP contribution in [0.4, 0.5) is 4.39 Å². The molecule has 0 spiro atoms. The summed E-state index contributed by atoms with van der Waals surface area (Å²) in [4.78, 5) is 0. The zero-order valence-electron chi connectivity index (χ0n) is 10.2. The minimum absolute atomic E-state index is 0.587. The molecule has 15 heavy (non-hydrogen) atoms. The van der Waals surface area contributed by atoms with Gasteiger partial charge in [-0.25, -0.2) is 4.39 Å². The number of hydrogen-bond acceptors (Lipinski definition) is 1. The fourth-order valence-electron chi connectivity index (χ4n) is 2.15. The van der Waals surface area contributed by atoms with E-state index in [-0.39, 0.29) is 0 Å². The molecule has 0 aromatic carbocycles. The van der Waals surface area contributed by atoms with Crippen LogP contribution in [0.2, 0.25) is 0 Å². The van der Waals surface area contributed by atoms with E-state index in [4.69, 9.17) is 0 Å². The highest BCUT2D eigenvalue weighted by Crippen LogP contribution is 2.24. The molecule has 90 valence electrons. The minimum atomic E-state index is -0.845. The van der Waals surface area contributed by atoms with Crippen LogP contribution >= 0.6 is 0 Å². The molecule has 0 radical (unpaired) electrons. The second kappa shape index (κ2) is 7.21. The van der Waals surface area contributed by atoms with Crippen LogP contribution < -0.4 is 5.32 Å². The molecule has 1 fully saturated rings. The number of rotatable bonds is 9. The number of unbranched alkanes of at least 4 members (excludes halogenated alkanes) is 7. The second-order valence-corrected chi connectivity index (χ2v) is 4.98. The standard InChI is InChI=1S/C13H26FN/c1-2-3-4-5-6-7-8-9-10-13(14)11-15-12-13/h15H,2-12H2,1H3. The molecule has 1 aliphatic rings.